The van der Waals surface area contributed by atoms with Crippen molar-refractivity contribution in [2.75, 3.05) is 31.5 Å². The third-order valence-corrected chi connectivity index (χ3v) is 7.61. The molecule has 1 aromatic heterocycles. The molecule has 0 spiro atoms. The van der Waals surface area contributed by atoms with E-state index in [1.54, 1.807) is 0 Å². The van der Waals surface area contributed by atoms with E-state index in [-0.39, 0.29) is 30.7 Å². The number of carboxylic acids is 1. The maximum absolute atomic E-state index is 13.3. The average molecular weight is 537 g/mol. The SMILES string of the molecule is Cl.O=C(O)CC(NC(=O)[C@@H]1CCCN(CCCc2ccc3c(n2)NCCC3)C1)c1ccc2ccccc2c1. The Bertz CT molecular complexity index is 1270. The number of piperidine rings is 1. The fourth-order valence-electron chi connectivity index (χ4n) is 5.61. The van der Waals surface area contributed by atoms with Crippen LogP contribution in [0.4, 0.5) is 5.82 Å². The highest BCUT2D eigenvalue weighted by atomic mass is 35.5. The van der Waals surface area contributed by atoms with Crippen molar-refractivity contribution in [2.45, 2.75) is 51.0 Å². The van der Waals surface area contributed by atoms with E-state index in [1.165, 1.54) is 5.56 Å². The summed E-state index contributed by atoms with van der Waals surface area (Å²) in [4.78, 5) is 32.0. The molecule has 0 aliphatic carbocycles. The van der Waals surface area contributed by atoms with Gasteiger partial charge in [-0.15, -0.1) is 12.4 Å². The number of carboxylic acid groups (broad SMARTS) is 1. The van der Waals surface area contributed by atoms with Gasteiger partial charge in [-0.2, -0.15) is 0 Å². The molecular formula is C30H37ClN4O3. The van der Waals surface area contributed by atoms with Gasteiger partial charge in [0.15, 0.2) is 0 Å². The number of pyridine rings is 1. The number of likely N-dealkylation sites (tertiary alicyclic amines) is 1. The molecule has 1 fully saturated rings. The lowest BCUT2D eigenvalue weighted by molar-refractivity contribution is -0.138. The number of aryl methyl sites for hydroxylation is 2. The van der Waals surface area contributed by atoms with Crippen LogP contribution in [0.3, 0.4) is 0 Å². The van der Waals surface area contributed by atoms with E-state index in [0.717, 1.165) is 86.0 Å². The third kappa shape index (κ3) is 7.03. The van der Waals surface area contributed by atoms with Crippen molar-refractivity contribution in [3.8, 4) is 0 Å². The minimum absolute atomic E-state index is 0. The number of anilines is 1. The van der Waals surface area contributed by atoms with Gasteiger partial charge >= 0.3 is 5.97 Å². The molecule has 5 rings (SSSR count). The molecule has 2 aliphatic heterocycles. The zero-order valence-electron chi connectivity index (χ0n) is 21.7. The second-order valence-electron chi connectivity index (χ2n) is 10.3. The summed E-state index contributed by atoms with van der Waals surface area (Å²) < 4.78 is 0. The number of hydrogen-bond acceptors (Lipinski definition) is 5. The van der Waals surface area contributed by atoms with Crippen molar-refractivity contribution < 1.29 is 14.7 Å². The number of rotatable bonds is 9. The first kappa shape index (κ1) is 27.9. The molecule has 1 unspecified atom stereocenters. The minimum Gasteiger partial charge on any atom is -0.481 e. The Hall–Kier alpha value is -3.16. The largest absolute Gasteiger partial charge is 0.481 e. The number of aliphatic carboxylic acids is 1. The number of halogens is 1. The lowest BCUT2D eigenvalue weighted by Crippen LogP contribution is -2.44. The van der Waals surface area contributed by atoms with Crippen molar-refractivity contribution in [1.29, 1.82) is 0 Å². The molecule has 3 N–H and O–H groups in total. The molecule has 1 amide bonds. The molecule has 202 valence electrons. The van der Waals surface area contributed by atoms with Crippen LogP contribution >= 0.6 is 12.4 Å². The fourth-order valence-corrected chi connectivity index (χ4v) is 5.61. The lowest BCUT2D eigenvalue weighted by atomic mass is 9.94. The topological polar surface area (TPSA) is 94.6 Å². The Labute approximate surface area is 230 Å². The van der Waals surface area contributed by atoms with Crippen LogP contribution in [0.25, 0.3) is 10.8 Å². The molecule has 3 aromatic rings. The Morgan fingerprint density at radius 2 is 1.95 bits per heavy atom. The van der Waals surface area contributed by atoms with Gasteiger partial charge < -0.3 is 20.6 Å². The monoisotopic (exact) mass is 536 g/mol. The average Bonchev–Trinajstić information content (AvgIpc) is 2.92. The van der Waals surface area contributed by atoms with Crippen LogP contribution in [0.2, 0.25) is 0 Å². The predicted octanol–water partition coefficient (Wildman–Crippen LogP) is 4.99. The second-order valence-corrected chi connectivity index (χ2v) is 10.3. The van der Waals surface area contributed by atoms with Crippen molar-refractivity contribution >= 4 is 40.9 Å². The van der Waals surface area contributed by atoms with Crippen molar-refractivity contribution in [3.05, 3.63) is 71.4 Å². The molecule has 2 atom stereocenters. The van der Waals surface area contributed by atoms with Crippen LogP contribution < -0.4 is 10.6 Å². The molecule has 0 saturated carbocycles. The summed E-state index contributed by atoms with van der Waals surface area (Å²) in [5.74, 6) is -0.0568. The fraction of sp³-hybridized carbons (Fsp3) is 0.433. The maximum atomic E-state index is 13.3. The van der Waals surface area contributed by atoms with Gasteiger partial charge in [0.05, 0.1) is 18.4 Å². The smallest absolute Gasteiger partial charge is 0.305 e. The Balaban J connectivity index is 0.00000336. The van der Waals surface area contributed by atoms with E-state index in [1.807, 2.05) is 42.5 Å². The summed E-state index contributed by atoms with van der Waals surface area (Å²) in [5, 5.41) is 18.1. The van der Waals surface area contributed by atoms with Crippen molar-refractivity contribution in [2.24, 2.45) is 5.92 Å². The number of amides is 1. The van der Waals surface area contributed by atoms with Gasteiger partial charge in [-0.3, -0.25) is 9.59 Å². The summed E-state index contributed by atoms with van der Waals surface area (Å²) in [7, 11) is 0. The second kappa shape index (κ2) is 13.1. The third-order valence-electron chi connectivity index (χ3n) is 7.61. The van der Waals surface area contributed by atoms with Gasteiger partial charge in [-0.25, -0.2) is 4.98 Å². The van der Waals surface area contributed by atoms with Crippen molar-refractivity contribution in [3.63, 3.8) is 0 Å². The maximum Gasteiger partial charge on any atom is 0.305 e. The van der Waals surface area contributed by atoms with Gasteiger partial charge in [-0.05, 0) is 85.6 Å². The number of hydrogen-bond donors (Lipinski definition) is 3. The number of nitrogens with zero attached hydrogens (tertiary/aromatic N) is 2. The molecule has 3 heterocycles. The summed E-state index contributed by atoms with van der Waals surface area (Å²) in [6.07, 6.45) is 5.85. The van der Waals surface area contributed by atoms with Crippen LogP contribution in [-0.4, -0.2) is 53.0 Å². The molecule has 0 bridgehead atoms. The normalized spacial score (nSPS) is 18.1. The van der Waals surface area contributed by atoms with E-state index < -0.39 is 12.0 Å². The molecule has 0 radical (unpaired) electrons. The van der Waals surface area contributed by atoms with Crippen LogP contribution in [0.5, 0.6) is 0 Å². The Morgan fingerprint density at radius 3 is 2.79 bits per heavy atom. The first-order valence-electron chi connectivity index (χ1n) is 13.5. The molecule has 2 aromatic carbocycles. The van der Waals surface area contributed by atoms with Crippen LogP contribution in [0.1, 0.15) is 55.0 Å². The van der Waals surface area contributed by atoms with E-state index in [0.29, 0.717) is 6.54 Å². The standard InChI is InChI=1S/C30H36N4O3.ClH/c35-28(36)19-27(24-12-11-21-6-1-2-7-23(21)18-24)33-30(37)25-9-4-16-34(20-25)17-5-10-26-14-13-22-8-3-15-31-29(22)32-26;/h1-2,6-7,11-14,18,25,27H,3-5,8-10,15-17,19-20H2,(H,31,32)(H,33,37)(H,35,36);1H/t25-,27?;/m1./s1. The highest BCUT2D eigenvalue weighted by Crippen LogP contribution is 2.25. The summed E-state index contributed by atoms with van der Waals surface area (Å²) >= 11 is 0. The Morgan fingerprint density at radius 1 is 1.11 bits per heavy atom. The van der Waals surface area contributed by atoms with Gasteiger partial charge in [0.25, 0.3) is 0 Å². The zero-order chi connectivity index (χ0) is 25.6. The molecule has 1 saturated heterocycles. The van der Waals surface area contributed by atoms with Crippen LogP contribution in [0.15, 0.2) is 54.6 Å². The van der Waals surface area contributed by atoms with E-state index in [2.05, 4.69) is 27.7 Å². The molecular weight excluding hydrogens is 500 g/mol. The lowest BCUT2D eigenvalue weighted by Gasteiger charge is -2.33. The highest BCUT2D eigenvalue weighted by molar-refractivity contribution is 5.85. The van der Waals surface area contributed by atoms with Gasteiger partial charge in [-0.1, -0.05) is 42.5 Å². The first-order chi connectivity index (χ1) is 18.0. The number of nitrogens with one attached hydrogen (secondary N) is 2. The molecule has 2 aliphatic rings. The number of benzene rings is 2. The minimum atomic E-state index is -0.922. The summed E-state index contributed by atoms with van der Waals surface area (Å²) in [6.45, 7) is 3.63. The van der Waals surface area contributed by atoms with E-state index in [9.17, 15) is 14.7 Å². The predicted molar refractivity (Wildman–Crippen MR) is 153 cm³/mol. The van der Waals surface area contributed by atoms with Crippen LogP contribution in [0, 0.1) is 5.92 Å². The number of carbonyl (C=O) groups is 2. The van der Waals surface area contributed by atoms with E-state index in [4.69, 9.17) is 4.98 Å². The number of aromatic nitrogens is 1. The van der Waals surface area contributed by atoms with E-state index >= 15 is 0 Å². The Kier molecular flexibility index (Phi) is 9.58. The quantitative estimate of drug-likeness (QED) is 0.356. The summed E-state index contributed by atoms with van der Waals surface area (Å²) in [5.41, 5.74) is 3.25. The van der Waals surface area contributed by atoms with Crippen molar-refractivity contribution in [1.82, 2.24) is 15.2 Å². The first-order valence-corrected chi connectivity index (χ1v) is 13.5. The molecule has 8 heteroatoms. The zero-order valence-corrected chi connectivity index (χ0v) is 22.5. The highest BCUT2D eigenvalue weighted by Gasteiger charge is 2.28. The van der Waals surface area contributed by atoms with Gasteiger partial charge in [0.1, 0.15) is 5.82 Å². The van der Waals surface area contributed by atoms with Crippen LogP contribution in [-0.2, 0) is 22.4 Å². The molecule has 7 nitrogen and oxygen atoms in total. The molecule has 38 heavy (non-hydrogen) atoms. The van der Waals surface area contributed by atoms with Gasteiger partial charge in [0, 0.05) is 18.8 Å². The summed E-state index contributed by atoms with van der Waals surface area (Å²) in [6, 6.07) is 17.7. The number of carbonyl (C=O) groups excluding carboxylic acids is 1. The van der Waals surface area contributed by atoms with Gasteiger partial charge in [0.2, 0.25) is 5.91 Å². The number of fused-ring (bicyclic) bond motifs is 2.